The lowest BCUT2D eigenvalue weighted by atomic mass is 9.67. The molecule has 0 amide bonds. The highest BCUT2D eigenvalue weighted by Gasteiger charge is 2.46. The van der Waals surface area contributed by atoms with Crippen LogP contribution in [0.15, 0.2) is 224 Å². The third-order valence-corrected chi connectivity index (χ3v) is 13.9. The highest BCUT2D eigenvalue weighted by molar-refractivity contribution is 5.89. The Morgan fingerprint density at radius 1 is 0.361 bits per heavy atom. The maximum Gasteiger partial charge on any atom is 0.0713 e. The summed E-state index contributed by atoms with van der Waals surface area (Å²) in [7, 11) is 0. The molecule has 61 heavy (non-hydrogen) atoms. The highest BCUT2D eigenvalue weighted by Crippen LogP contribution is 2.57. The van der Waals surface area contributed by atoms with Crippen LogP contribution >= 0.6 is 0 Å². The number of hydrogen-bond acceptors (Lipinski definition) is 0. The van der Waals surface area contributed by atoms with Crippen molar-refractivity contribution < 1.29 is 0 Å². The van der Waals surface area contributed by atoms with Crippen LogP contribution in [0.1, 0.15) is 76.3 Å². The summed E-state index contributed by atoms with van der Waals surface area (Å²) < 4.78 is 0. The van der Waals surface area contributed by atoms with Gasteiger partial charge in [-0.1, -0.05) is 226 Å². The van der Waals surface area contributed by atoms with Crippen LogP contribution in [0.2, 0.25) is 0 Å². The van der Waals surface area contributed by atoms with Gasteiger partial charge >= 0.3 is 0 Å². The molecule has 2 aliphatic carbocycles. The second kappa shape index (κ2) is 14.9. The molecular formula is C61H48. The van der Waals surface area contributed by atoms with Gasteiger partial charge in [0.05, 0.1) is 5.41 Å². The number of fused-ring (bicyclic) bond motifs is 6. The van der Waals surface area contributed by atoms with Crippen LogP contribution in [0.4, 0.5) is 0 Å². The summed E-state index contributed by atoms with van der Waals surface area (Å²) in [5.41, 5.74) is 21.9. The molecular weight excluding hydrogens is 733 g/mol. The Morgan fingerprint density at radius 3 is 1.69 bits per heavy atom. The van der Waals surface area contributed by atoms with Gasteiger partial charge in [0, 0.05) is 11.3 Å². The average molecular weight is 781 g/mol. The number of benzene rings is 9. The van der Waals surface area contributed by atoms with E-state index in [-0.39, 0.29) is 11.3 Å². The Labute approximate surface area is 360 Å². The molecule has 9 aromatic rings. The molecule has 0 bridgehead atoms. The van der Waals surface area contributed by atoms with Crippen LogP contribution in [-0.4, -0.2) is 0 Å². The van der Waals surface area contributed by atoms with E-state index in [0.29, 0.717) is 0 Å². The first-order valence-corrected chi connectivity index (χ1v) is 21.9. The van der Waals surface area contributed by atoms with E-state index in [9.17, 15) is 0 Å². The lowest BCUT2D eigenvalue weighted by molar-refractivity contribution is 0.654. The third kappa shape index (κ3) is 6.04. The molecule has 0 heteroatoms. The van der Waals surface area contributed by atoms with E-state index in [0.717, 1.165) is 12.8 Å². The van der Waals surface area contributed by atoms with E-state index < -0.39 is 5.41 Å². The Hall–Kier alpha value is -7.02. The average Bonchev–Trinajstić information content (AvgIpc) is 3.75. The minimum atomic E-state index is -0.518. The van der Waals surface area contributed by atoms with Crippen LogP contribution in [-0.2, 0) is 17.3 Å². The van der Waals surface area contributed by atoms with Gasteiger partial charge in [-0.2, -0.15) is 0 Å². The zero-order valence-corrected chi connectivity index (χ0v) is 34.9. The minimum absolute atomic E-state index is 0.0704. The smallest absolute Gasteiger partial charge is 0.0622 e. The first-order chi connectivity index (χ1) is 30.0. The van der Waals surface area contributed by atoms with E-state index >= 15 is 0 Å². The Balaban J connectivity index is 1.10. The summed E-state index contributed by atoms with van der Waals surface area (Å²) in [5.74, 6) is 0.188. The molecule has 0 saturated carbocycles. The fraction of sp³-hybridized carbons (Fsp3) is 0.115. The standard InChI is InChI=1S/C61H48/c1-60(2)56-31-16-14-29-52(56)54-37-34-45(40-58(54)60)50(36-33-42-19-6-3-7-20-42)51-28-13-12-27-49(51)46-35-38-55-53-30-15-17-32-57(53)61(59(55)41-46,47-24-10-5-11-25-47)48-26-18-23-44(39-48)43-21-8-4-9-22-43/h3-32,34-35,37-41,50H,33,36H2,1-2H3. The van der Waals surface area contributed by atoms with E-state index in [2.05, 4.69) is 238 Å². The van der Waals surface area contributed by atoms with Crippen molar-refractivity contribution in [2.45, 2.75) is 43.4 Å². The molecule has 0 N–H and O–H groups in total. The van der Waals surface area contributed by atoms with Crippen molar-refractivity contribution in [1.29, 1.82) is 0 Å². The predicted octanol–water partition coefficient (Wildman–Crippen LogP) is 15.5. The Morgan fingerprint density at radius 2 is 0.918 bits per heavy atom. The van der Waals surface area contributed by atoms with Crippen molar-refractivity contribution in [3.05, 3.63) is 275 Å². The lowest BCUT2D eigenvalue weighted by Crippen LogP contribution is -2.28. The van der Waals surface area contributed by atoms with Crippen molar-refractivity contribution in [1.82, 2.24) is 0 Å². The van der Waals surface area contributed by atoms with Gasteiger partial charge in [-0.15, -0.1) is 0 Å². The quantitative estimate of drug-likeness (QED) is 0.137. The van der Waals surface area contributed by atoms with Crippen molar-refractivity contribution in [3.63, 3.8) is 0 Å². The zero-order valence-electron chi connectivity index (χ0n) is 34.9. The van der Waals surface area contributed by atoms with Crippen LogP contribution in [0, 0.1) is 0 Å². The predicted molar refractivity (Wildman–Crippen MR) is 255 cm³/mol. The number of aryl methyl sites for hydroxylation is 1. The summed E-state index contributed by atoms with van der Waals surface area (Å²) in [6, 6.07) is 84.3. The van der Waals surface area contributed by atoms with E-state index in [1.54, 1.807) is 0 Å². The maximum atomic E-state index is 2.54. The molecule has 0 radical (unpaired) electrons. The van der Waals surface area contributed by atoms with Gasteiger partial charge in [-0.25, -0.2) is 0 Å². The Bertz CT molecular complexity index is 3050. The van der Waals surface area contributed by atoms with Crippen LogP contribution in [0.3, 0.4) is 0 Å². The summed E-state index contributed by atoms with van der Waals surface area (Å²) >= 11 is 0. The van der Waals surface area contributed by atoms with Crippen LogP contribution < -0.4 is 0 Å². The zero-order chi connectivity index (χ0) is 41.0. The molecule has 2 unspecified atom stereocenters. The molecule has 0 saturated heterocycles. The van der Waals surface area contributed by atoms with Crippen molar-refractivity contribution in [2.75, 3.05) is 0 Å². The largest absolute Gasteiger partial charge is 0.0713 e. The molecule has 2 aliphatic rings. The summed E-state index contributed by atoms with van der Waals surface area (Å²) in [6.07, 6.45) is 2.00. The molecule has 0 heterocycles. The van der Waals surface area contributed by atoms with Crippen LogP contribution in [0.5, 0.6) is 0 Å². The highest BCUT2D eigenvalue weighted by atomic mass is 14.5. The first kappa shape index (κ1) is 37.0. The summed E-state index contributed by atoms with van der Waals surface area (Å²) in [4.78, 5) is 0. The second-order valence-corrected chi connectivity index (χ2v) is 17.5. The summed E-state index contributed by atoms with van der Waals surface area (Å²) in [6.45, 7) is 4.79. The van der Waals surface area contributed by atoms with E-state index in [1.807, 2.05) is 0 Å². The molecule has 0 fully saturated rings. The monoisotopic (exact) mass is 780 g/mol. The van der Waals surface area contributed by atoms with E-state index in [1.165, 1.54) is 94.6 Å². The van der Waals surface area contributed by atoms with Gasteiger partial charge in [-0.05, 0) is 120 Å². The molecule has 0 spiro atoms. The molecule has 0 aliphatic heterocycles. The lowest BCUT2D eigenvalue weighted by Gasteiger charge is -2.34. The molecule has 2 atom stereocenters. The van der Waals surface area contributed by atoms with Crippen molar-refractivity contribution in [3.8, 4) is 44.5 Å². The fourth-order valence-corrected chi connectivity index (χ4v) is 10.9. The minimum Gasteiger partial charge on any atom is -0.0622 e. The topological polar surface area (TPSA) is 0 Å². The SMILES string of the molecule is CC1(C)c2ccccc2-c2ccc(C(CCc3ccccc3)c3ccccc3-c3ccc4c(c3)C(c3ccccc3)(c3cccc(-c5ccccc5)c3)c3ccccc3-4)cc21. The van der Waals surface area contributed by atoms with Gasteiger partial charge in [-0.3, -0.25) is 0 Å². The molecule has 11 rings (SSSR count). The van der Waals surface area contributed by atoms with Gasteiger partial charge < -0.3 is 0 Å². The van der Waals surface area contributed by atoms with Gasteiger partial charge in [0.1, 0.15) is 0 Å². The molecule has 9 aromatic carbocycles. The Kier molecular flexibility index (Phi) is 9.05. The molecule has 292 valence electrons. The summed E-state index contributed by atoms with van der Waals surface area (Å²) in [5, 5.41) is 0. The van der Waals surface area contributed by atoms with Crippen LogP contribution in [0.25, 0.3) is 44.5 Å². The second-order valence-electron chi connectivity index (χ2n) is 17.5. The van der Waals surface area contributed by atoms with E-state index in [4.69, 9.17) is 0 Å². The molecule has 0 aromatic heterocycles. The maximum absolute atomic E-state index is 2.54. The number of hydrogen-bond donors (Lipinski definition) is 0. The van der Waals surface area contributed by atoms with Gasteiger partial charge in [0.15, 0.2) is 0 Å². The normalized spacial score (nSPS) is 16.0. The van der Waals surface area contributed by atoms with Gasteiger partial charge in [0.2, 0.25) is 0 Å². The van der Waals surface area contributed by atoms with Crippen molar-refractivity contribution in [2.24, 2.45) is 0 Å². The first-order valence-electron chi connectivity index (χ1n) is 21.9. The molecule has 0 nitrogen and oxygen atoms in total. The van der Waals surface area contributed by atoms with Gasteiger partial charge in [0.25, 0.3) is 0 Å². The van der Waals surface area contributed by atoms with Crippen molar-refractivity contribution >= 4 is 0 Å². The third-order valence-electron chi connectivity index (χ3n) is 13.9. The number of rotatable bonds is 9. The fourth-order valence-electron chi connectivity index (χ4n) is 10.9.